The third-order valence-corrected chi connectivity index (χ3v) is 4.61. The van der Waals surface area contributed by atoms with Crippen molar-refractivity contribution in [3.63, 3.8) is 0 Å². The van der Waals surface area contributed by atoms with Crippen molar-refractivity contribution >= 4 is 43.3 Å². The van der Waals surface area contributed by atoms with E-state index in [1.54, 1.807) is 0 Å². The maximum Gasteiger partial charge on any atom is 0.209 e. The maximum absolute atomic E-state index is 13.3. The molecule has 0 amide bonds. The molecule has 26 heavy (non-hydrogen) atoms. The lowest BCUT2D eigenvalue weighted by atomic mass is 10.3. The number of hydrogen-bond donors (Lipinski definition) is 4. The Morgan fingerprint density at radius 1 is 1.38 bits per heavy atom. The van der Waals surface area contributed by atoms with Crippen molar-refractivity contribution in [2.75, 3.05) is 22.9 Å². The molecule has 0 aliphatic heterocycles. The Labute approximate surface area is 156 Å². The molecule has 0 aliphatic rings. The van der Waals surface area contributed by atoms with Crippen LogP contribution in [0.1, 0.15) is 18.5 Å². The van der Waals surface area contributed by atoms with Crippen LogP contribution in [0.5, 0.6) is 0 Å². The molecule has 0 unspecified atom stereocenters. The van der Waals surface area contributed by atoms with Gasteiger partial charge < -0.3 is 15.8 Å². The summed E-state index contributed by atoms with van der Waals surface area (Å²) in [5, 5.41) is 30.2. The number of halogens is 2. The molecule has 1 aromatic carbocycles. The number of aromatic nitrogens is 2. The van der Waals surface area contributed by atoms with E-state index in [4.69, 9.17) is 5.14 Å². The number of unbranched alkanes of at least 4 members (excludes halogenated alkanes) is 1. The Morgan fingerprint density at radius 3 is 2.81 bits per heavy atom. The number of hydrogen-bond acceptors (Lipinski definition) is 8. The first-order valence-electron chi connectivity index (χ1n) is 7.31. The van der Waals surface area contributed by atoms with Gasteiger partial charge in [-0.05, 0) is 57.3 Å². The van der Waals surface area contributed by atoms with Crippen molar-refractivity contribution in [3.8, 4) is 0 Å². The molecule has 0 radical (unpaired) electrons. The van der Waals surface area contributed by atoms with E-state index in [-0.39, 0.29) is 27.6 Å². The predicted octanol–water partition coefficient (Wildman–Crippen LogP) is 1.70. The van der Waals surface area contributed by atoms with E-state index >= 15 is 0 Å². The van der Waals surface area contributed by atoms with Crippen LogP contribution < -0.4 is 15.8 Å². The van der Waals surface area contributed by atoms with Crippen molar-refractivity contribution in [1.29, 1.82) is 0 Å². The van der Waals surface area contributed by atoms with Crippen LogP contribution in [-0.2, 0) is 10.0 Å². The van der Waals surface area contributed by atoms with E-state index in [0.717, 1.165) is 0 Å². The van der Waals surface area contributed by atoms with Gasteiger partial charge in [-0.1, -0.05) is 5.16 Å². The van der Waals surface area contributed by atoms with Crippen LogP contribution in [0.4, 0.5) is 15.9 Å². The molecule has 5 N–H and O–H groups in total. The minimum atomic E-state index is -3.49. The predicted molar refractivity (Wildman–Crippen MR) is 96.0 cm³/mol. The number of anilines is 2. The molecule has 1 aromatic heterocycles. The number of nitrogens with zero attached hydrogens (tertiary/aromatic N) is 3. The van der Waals surface area contributed by atoms with E-state index < -0.39 is 15.8 Å². The molecule has 0 aliphatic carbocycles. The van der Waals surface area contributed by atoms with Crippen LogP contribution in [0.25, 0.3) is 0 Å². The SMILES string of the molecule is NS(=O)(=O)CCCCNc1nonc1C(=NO)Nc1ccc(F)c(Br)c1. The molecule has 10 nitrogen and oxygen atoms in total. The highest BCUT2D eigenvalue weighted by Crippen LogP contribution is 2.21. The number of oxime groups is 1. The third kappa shape index (κ3) is 5.93. The Balaban J connectivity index is 1.99. The smallest absolute Gasteiger partial charge is 0.209 e. The van der Waals surface area contributed by atoms with Crippen LogP contribution in [0.15, 0.2) is 32.5 Å². The van der Waals surface area contributed by atoms with Gasteiger partial charge in [0.2, 0.25) is 21.7 Å². The molecule has 0 fully saturated rings. The summed E-state index contributed by atoms with van der Waals surface area (Å²) in [5.74, 6) is -0.440. The highest BCUT2D eigenvalue weighted by Gasteiger charge is 2.18. The molecule has 1 heterocycles. The maximum atomic E-state index is 13.3. The van der Waals surface area contributed by atoms with Gasteiger partial charge in [-0.3, -0.25) is 0 Å². The van der Waals surface area contributed by atoms with Gasteiger partial charge in [-0.25, -0.2) is 22.6 Å². The van der Waals surface area contributed by atoms with Crippen molar-refractivity contribution in [2.45, 2.75) is 12.8 Å². The summed E-state index contributed by atoms with van der Waals surface area (Å²) < 4.78 is 39.9. The number of sulfonamides is 1. The lowest BCUT2D eigenvalue weighted by Crippen LogP contribution is -2.18. The highest BCUT2D eigenvalue weighted by atomic mass is 79.9. The second-order valence-corrected chi connectivity index (χ2v) is 7.75. The Bertz CT molecular complexity index is 889. The molecule has 13 heteroatoms. The first-order valence-corrected chi connectivity index (χ1v) is 9.82. The van der Waals surface area contributed by atoms with Crippen LogP contribution in [0.3, 0.4) is 0 Å². The van der Waals surface area contributed by atoms with Gasteiger partial charge in [0.1, 0.15) is 5.82 Å². The van der Waals surface area contributed by atoms with Crippen LogP contribution in [-0.4, -0.2) is 42.1 Å². The summed E-state index contributed by atoms with van der Waals surface area (Å²) in [6.07, 6.45) is 0.877. The quantitative estimate of drug-likeness (QED) is 0.155. The minimum Gasteiger partial charge on any atom is -0.409 e. The molecule has 142 valence electrons. The van der Waals surface area contributed by atoms with Gasteiger partial charge in [0.15, 0.2) is 5.69 Å². The molecule has 0 atom stereocenters. The zero-order valence-electron chi connectivity index (χ0n) is 13.3. The standard InChI is InChI=1S/C13H16BrFN6O4S/c14-9-7-8(3-4-10(9)15)18-13(19-22)11-12(21-25-20-11)17-5-1-2-6-26(16,23)24/h3-4,7,22H,1-2,5-6H2,(H,17,21)(H,18,19)(H2,16,23,24). The van der Waals surface area contributed by atoms with E-state index in [1.807, 2.05) is 0 Å². The normalized spacial score (nSPS) is 12.2. The van der Waals surface area contributed by atoms with Crippen molar-refractivity contribution in [1.82, 2.24) is 10.3 Å². The van der Waals surface area contributed by atoms with Gasteiger partial charge in [0.05, 0.1) is 10.2 Å². The fourth-order valence-electron chi connectivity index (χ4n) is 1.94. The second kappa shape index (κ2) is 8.91. The van der Waals surface area contributed by atoms with Gasteiger partial charge in [0.25, 0.3) is 0 Å². The van der Waals surface area contributed by atoms with E-state index in [9.17, 15) is 18.0 Å². The van der Waals surface area contributed by atoms with E-state index in [2.05, 4.69) is 46.7 Å². The lowest BCUT2D eigenvalue weighted by molar-refractivity contribution is 0.305. The van der Waals surface area contributed by atoms with Crippen LogP contribution in [0.2, 0.25) is 0 Å². The van der Waals surface area contributed by atoms with Gasteiger partial charge in [-0.2, -0.15) is 0 Å². The van der Waals surface area contributed by atoms with Gasteiger partial charge in [0, 0.05) is 12.2 Å². The number of primary sulfonamides is 1. The molecule has 0 saturated carbocycles. The summed E-state index contributed by atoms with van der Waals surface area (Å²) in [6.45, 7) is 0.373. The average molecular weight is 451 g/mol. The Morgan fingerprint density at radius 2 is 2.15 bits per heavy atom. The molecule has 0 bridgehead atoms. The zero-order valence-corrected chi connectivity index (χ0v) is 15.7. The number of nitrogens with one attached hydrogen (secondary N) is 2. The monoisotopic (exact) mass is 450 g/mol. The van der Waals surface area contributed by atoms with Crippen LogP contribution in [0, 0.1) is 5.82 Å². The molecule has 0 spiro atoms. The molecule has 2 aromatic rings. The van der Waals surface area contributed by atoms with E-state index in [1.165, 1.54) is 18.2 Å². The van der Waals surface area contributed by atoms with Crippen molar-refractivity contribution in [3.05, 3.63) is 34.2 Å². The van der Waals surface area contributed by atoms with Crippen molar-refractivity contribution in [2.24, 2.45) is 10.3 Å². The highest BCUT2D eigenvalue weighted by molar-refractivity contribution is 9.10. The van der Waals surface area contributed by atoms with Crippen molar-refractivity contribution < 1.29 is 22.6 Å². The summed E-state index contributed by atoms with van der Waals surface area (Å²) in [6, 6.07) is 4.13. The van der Waals surface area contributed by atoms with Gasteiger partial charge >= 0.3 is 0 Å². The Hall–Kier alpha value is -2.25. The second-order valence-electron chi connectivity index (χ2n) is 5.16. The average Bonchev–Trinajstić information content (AvgIpc) is 3.03. The number of benzene rings is 1. The summed E-state index contributed by atoms with van der Waals surface area (Å²) in [5.41, 5.74) is 0.535. The number of amidine groups is 1. The van der Waals surface area contributed by atoms with E-state index in [0.29, 0.717) is 25.1 Å². The summed E-state index contributed by atoms with van der Waals surface area (Å²) in [7, 11) is -3.49. The zero-order chi connectivity index (χ0) is 19.2. The largest absolute Gasteiger partial charge is 0.409 e. The third-order valence-electron chi connectivity index (χ3n) is 3.14. The number of nitrogens with two attached hydrogens (primary N) is 1. The molecular weight excluding hydrogens is 435 g/mol. The summed E-state index contributed by atoms with van der Waals surface area (Å²) >= 11 is 3.06. The fourth-order valence-corrected chi connectivity index (χ4v) is 2.92. The van der Waals surface area contributed by atoms with Gasteiger partial charge in [-0.15, -0.1) is 0 Å². The molecular formula is C13H16BrFN6O4S. The minimum absolute atomic E-state index is 0.0724. The first-order chi connectivity index (χ1) is 12.3. The number of rotatable bonds is 8. The summed E-state index contributed by atoms with van der Waals surface area (Å²) in [4.78, 5) is 0. The lowest BCUT2D eigenvalue weighted by Gasteiger charge is -2.08. The molecule has 2 rings (SSSR count). The Kier molecular flexibility index (Phi) is 6.88. The molecule has 0 saturated heterocycles. The van der Waals surface area contributed by atoms with Crippen LogP contribution >= 0.6 is 15.9 Å². The topological polar surface area (TPSA) is 156 Å². The fraction of sp³-hybridized carbons (Fsp3) is 0.308. The first kappa shape index (κ1) is 20.1.